The smallest absolute Gasteiger partial charge is 0.377 e. The molecule has 0 bridgehead atoms. The predicted molar refractivity (Wildman–Crippen MR) is 64.0 cm³/mol. The van der Waals surface area contributed by atoms with Crippen LogP contribution in [0.4, 0.5) is 0 Å². The van der Waals surface area contributed by atoms with E-state index < -0.39 is 8.80 Å². The molecule has 0 amide bonds. The number of rotatable bonds is 9. The zero-order valence-electron chi connectivity index (χ0n) is 9.05. The van der Waals surface area contributed by atoms with Gasteiger partial charge in [0.25, 0.3) is 0 Å². The zero-order valence-corrected chi connectivity index (χ0v) is 11.6. The molecule has 3 nitrogen and oxygen atoms in total. The summed E-state index contributed by atoms with van der Waals surface area (Å²) in [4.78, 5) is 0. The molecule has 0 aliphatic rings. The fraction of sp³-hybridized carbons (Fsp3) is 1.00. The van der Waals surface area contributed by atoms with Gasteiger partial charge in [-0.3, -0.25) is 0 Å². The average molecular weight is 259 g/mol. The zero-order chi connectivity index (χ0) is 10.9. The first-order valence-electron chi connectivity index (χ1n) is 4.62. The molecule has 0 N–H and O–H groups in total. The van der Waals surface area contributed by atoms with E-state index in [2.05, 4.69) is 0 Å². The quantitative estimate of drug-likeness (QED) is 0.275. The number of halogens is 1. The first-order chi connectivity index (χ1) is 6.74. The van der Waals surface area contributed by atoms with Crippen molar-refractivity contribution in [1.29, 1.82) is 0 Å². The van der Waals surface area contributed by atoms with Gasteiger partial charge >= 0.3 is 8.80 Å². The molecule has 0 aromatic rings. The number of thioether (sulfide) groups is 1. The van der Waals surface area contributed by atoms with E-state index in [9.17, 15) is 0 Å². The van der Waals surface area contributed by atoms with Crippen molar-refractivity contribution >= 4 is 32.2 Å². The highest BCUT2D eigenvalue weighted by Gasteiger charge is 2.36. The van der Waals surface area contributed by atoms with Crippen LogP contribution in [0.15, 0.2) is 0 Å². The van der Waals surface area contributed by atoms with Crippen molar-refractivity contribution in [3.8, 4) is 0 Å². The van der Waals surface area contributed by atoms with Crippen LogP contribution >= 0.6 is 23.4 Å². The lowest BCUT2D eigenvalue weighted by atomic mass is 10.6. The van der Waals surface area contributed by atoms with Crippen LogP contribution in [-0.2, 0) is 13.3 Å². The molecule has 0 radical (unpaired) electrons. The Labute approximate surface area is 96.8 Å². The van der Waals surface area contributed by atoms with Crippen molar-refractivity contribution in [2.45, 2.75) is 19.4 Å². The third kappa shape index (κ3) is 5.58. The van der Waals surface area contributed by atoms with Crippen molar-refractivity contribution in [2.24, 2.45) is 0 Å². The molecule has 0 aliphatic heterocycles. The Morgan fingerprint density at radius 3 is 2.36 bits per heavy atom. The molecule has 0 unspecified atom stereocenters. The monoisotopic (exact) mass is 258 g/mol. The van der Waals surface area contributed by atoms with Crippen molar-refractivity contribution in [1.82, 2.24) is 0 Å². The topological polar surface area (TPSA) is 27.7 Å². The van der Waals surface area contributed by atoms with Gasteiger partial charge in [0.1, 0.15) is 0 Å². The molecule has 14 heavy (non-hydrogen) atoms. The van der Waals surface area contributed by atoms with Gasteiger partial charge in [-0.05, 0) is 12.2 Å². The van der Waals surface area contributed by atoms with Crippen LogP contribution in [0.1, 0.15) is 13.3 Å². The van der Waals surface area contributed by atoms with Crippen molar-refractivity contribution < 1.29 is 13.3 Å². The minimum atomic E-state index is -2.33. The van der Waals surface area contributed by atoms with E-state index in [-0.39, 0.29) is 0 Å². The molecule has 0 fully saturated rings. The van der Waals surface area contributed by atoms with Gasteiger partial charge in [-0.25, -0.2) is 0 Å². The standard InChI is InChI=1S/C8H19ClO3SSi/c1-4-14(10-2,11-3)12-8-13-7-5-6-9/h4-8H2,1-3H3. The van der Waals surface area contributed by atoms with Crippen LogP contribution in [-0.4, -0.2) is 40.6 Å². The van der Waals surface area contributed by atoms with Crippen LogP contribution in [0.25, 0.3) is 0 Å². The molecule has 0 aliphatic carbocycles. The van der Waals surface area contributed by atoms with E-state index in [4.69, 9.17) is 24.9 Å². The highest BCUT2D eigenvalue weighted by Crippen LogP contribution is 2.16. The molecule has 0 rings (SSSR count). The normalized spacial score (nSPS) is 12.0. The van der Waals surface area contributed by atoms with Crippen LogP contribution in [0.5, 0.6) is 0 Å². The summed E-state index contributed by atoms with van der Waals surface area (Å²) in [6.45, 7) is 2.02. The van der Waals surface area contributed by atoms with Crippen LogP contribution in [0.3, 0.4) is 0 Å². The van der Waals surface area contributed by atoms with Gasteiger partial charge in [0, 0.05) is 26.1 Å². The maximum absolute atomic E-state index is 5.64. The van der Waals surface area contributed by atoms with Crippen LogP contribution in [0.2, 0.25) is 6.04 Å². The van der Waals surface area contributed by atoms with Gasteiger partial charge in [0.2, 0.25) is 0 Å². The van der Waals surface area contributed by atoms with E-state index in [0.717, 1.165) is 18.2 Å². The number of hydrogen-bond donors (Lipinski definition) is 0. The van der Waals surface area contributed by atoms with Gasteiger partial charge in [-0.15, -0.1) is 23.4 Å². The molecular weight excluding hydrogens is 240 g/mol. The van der Waals surface area contributed by atoms with Gasteiger partial charge < -0.3 is 13.3 Å². The Morgan fingerprint density at radius 2 is 1.93 bits per heavy atom. The highest BCUT2D eigenvalue weighted by atomic mass is 35.5. The molecular formula is C8H19ClO3SSi. The Hall–Kier alpha value is 0.737. The van der Waals surface area contributed by atoms with E-state index in [1.54, 1.807) is 26.0 Å². The highest BCUT2D eigenvalue weighted by molar-refractivity contribution is 7.99. The molecule has 0 aromatic heterocycles. The summed E-state index contributed by atoms with van der Waals surface area (Å²) in [5, 5.41) is 0. The molecule has 0 aromatic carbocycles. The predicted octanol–water partition coefficient (Wildman–Crippen LogP) is 2.57. The fourth-order valence-electron chi connectivity index (χ4n) is 0.939. The molecule has 86 valence electrons. The summed E-state index contributed by atoms with van der Waals surface area (Å²) in [5.41, 5.74) is 0. The molecule has 0 spiro atoms. The fourth-order valence-corrected chi connectivity index (χ4v) is 3.93. The molecule has 0 atom stereocenters. The SMILES string of the molecule is CC[Si](OC)(OC)OCSCCCCl. The summed E-state index contributed by atoms with van der Waals surface area (Å²) >= 11 is 7.28. The summed E-state index contributed by atoms with van der Waals surface area (Å²) < 4.78 is 16.2. The molecule has 6 heteroatoms. The van der Waals surface area contributed by atoms with Crippen molar-refractivity contribution in [2.75, 3.05) is 31.8 Å². The van der Waals surface area contributed by atoms with Gasteiger partial charge in [-0.1, -0.05) is 6.92 Å². The number of alkyl halides is 1. The van der Waals surface area contributed by atoms with Gasteiger partial charge in [0.15, 0.2) is 0 Å². The van der Waals surface area contributed by atoms with Crippen molar-refractivity contribution in [3.63, 3.8) is 0 Å². The largest absolute Gasteiger partial charge is 0.500 e. The summed E-state index contributed by atoms with van der Waals surface area (Å²) in [7, 11) is 0.952. The summed E-state index contributed by atoms with van der Waals surface area (Å²) in [5.74, 6) is 2.35. The second kappa shape index (κ2) is 9.00. The molecule has 0 heterocycles. The third-order valence-electron chi connectivity index (χ3n) is 1.84. The van der Waals surface area contributed by atoms with E-state index >= 15 is 0 Å². The lowest BCUT2D eigenvalue weighted by Crippen LogP contribution is -2.42. The Bertz CT molecular complexity index is 127. The molecule has 0 saturated carbocycles. The minimum absolute atomic E-state index is 0.624. The first-order valence-corrected chi connectivity index (χ1v) is 8.24. The van der Waals surface area contributed by atoms with Gasteiger partial charge in [-0.2, -0.15) is 0 Å². The Balaban J connectivity index is 3.61. The Morgan fingerprint density at radius 1 is 1.29 bits per heavy atom. The van der Waals surface area contributed by atoms with E-state index in [0.29, 0.717) is 11.8 Å². The van der Waals surface area contributed by atoms with E-state index in [1.165, 1.54) is 0 Å². The summed E-state index contributed by atoms with van der Waals surface area (Å²) in [6, 6.07) is 0.802. The van der Waals surface area contributed by atoms with Gasteiger partial charge in [0.05, 0.1) is 5.94 Å². The average Bonchev–Trinajstić information content (AvgIpc) is 2.24. The first kappa shape index (κ1) is 14.7. The third-order valence-corrected chi connectivity index (χ3v) is 5.87. The van der Waals surface area contributed by atoms with Crippen molar-refractivity contribution in [3.05, 3.63) is 0 Å². The van der Waals surface area contributed by atoms with E-state index in [1.807, 2.05) is 6.92 Å². The number of hydrogen-bond acceptors (Lipinski definition) is 4. The second-order valence-electron chi connectivity index (χ2n) is 2.66. The summed E-state index contributed by atoms with van der Waals surface area (Å²) in [6.07, 6.45) is 1.01. The Kier molecular flexibility index (Phi) is 9.47. The lowest BCUT2D eigenvalue weighted by Gasteiger charge is -2.24. The maximum atomic E-state index is 5.64. The second-order valence-corrected chi connectivity index (χ2v) is 7.27. The van der Waals surface area contributed by atoms with Crippen LogP contribution in [0, 0.1) is 0 Å². The minimum Gasteiger partial charge on any atom is -0.377 e. The maximum Gasteiger partial charge on any atom is 0.500 e. The van der Waals surface area contributed by atoms with Crippen LogP contribution < -0.4 is 0 Å². The lowest BCUT2D eigenvalue weighted by molar-refractivity contribution is 0.119. The molecule has 0 saturated heterocycles.